The Morgan fingerprint density at radius 3 is 2.57 bits per heavy atom. The Morgan fingerprint density at radius 1 is 1.09 bits per heavy atom. The topological polar surface area (TPSA) is 79.3 Å². The van der Waals surface area contributed by atoms with Gasteiger partial charge in [0.1, 0.15) is 5.75 Å². The first kappa shape index (κ1) is 15.3. The Labute approximate surface area is 134 Å². The number of aromatic hydroxyl groups is 1. The molecule has 0 aliphatic rings. The van der Waals surface area contributed by atoms with Crippen LogP contribution in [-0.2, 0) is 9.84 Å². The molecule has 1 aromatic heterocycles. The molecule has 3 rings (SSSR count). The smallest absolute Gasteiger partial charge is 0.175 e. The Hall–Kier alpha value is -2.60. The van der Waals surface area contributed by atoms with Crippen LogP contribution in [0.4, 0.5) is 11.4 Å². The van der Waals surface area contributed by atoms with Gasteiger partial charge in [-0.2, -0.15) is 0 Å². The lowest BCUT2D eigenvalue weighted by Gasteiger charge is -2.11. The van der Waals surface area contributed by atoms with E-state index >= 15 is 0 Å². The second kappa shape index (κ2) is 5.55. The van der Waals surface area contributed by atoms with Crippen LogP contribution in [0.1, 0.15) is 5.56 Å². The summed E-state index contributed by atoms with van der Waals surface area (Å²) in [5, 5.41) is 13.6. The predicted molar refractivity (Wildman–Crippen MR) is 91.0 cm³/mol. The summed E-state index contributed by atoms with van der Waals surface area (Å²) in [6.07, 6.45) is 2.83. The van der Waals surface area contributed by atoms with Crippen LogP contribution < -0.4 is 5.32 Å². The van der Waals surface area contributed by atoms with Crippen LogP contribution in [0.3, 0.4) is 0 Å². The van der Waals surface area contributed by atoms with Crippen molar-refractivity contribution in [1.29, 1.82) is 0 Å². The van der Waals surface area contributed by atoms with Gasteiger partial charge in [-0.25, -0.2) is 8.42 Å². The van der Waals surface area contributed by atoms with E-state index in [0.29, 0.717) is 10.9 Å². The highest BCUT2D eigenvalue weighted by atomic mass is 32.2. The van der Waals surface area contributed by atoms with Crippen molar-refractivity contribution in [2.24, 2.45) is 0 Å². The van der Waals surface area contributed by atoms with Gasteiger partial charge in [0.25, 0.3) is 0 Å². The zero-order chi connectivity index (χ0) is 16.6. The number of phenolic OH excluding ortho intramolecular Hbond substituents is 1. The average Bonchev–Trinajstić information content (AvgIpc) is 2.45. The first-order valence-electron chi connectivity index (χ1n) is 6.99. The summed E-state index contributed by atoms with van der Waals surface area (Å²) in [5.41, 5.74) is 3.06. The molecule has 5 nitrogen and oxygen atoms in total. The number of hydrogen-bond acceptors (Lipinski definition) is 5. The quantitative estimate of drug-likeness (QED) is 0.770. The average molecular weight is 328 g/mol. The molecule has 118 valence electrons. The third-order valence-electron chi connectivity index (χ3n) is 3.48. The van der Waals surface area contributed by atoms with Crippen molar-refractivity contribution >= 4 is 32.1 Å². The molecule has 3 aromatic rings. The third-order valence-corrected chi connectivity index (χ3v) is 4.59. The minimum Gasteiger partial charge on any atom is -0.508 e. The summed E-state index contributed by atoms with van der Waals surface area (Å²) in [6.45, 7) is 1.89. The van der Waals surface area contributed by atoms with Crippen molar-refractivity contribution in [3.8, 4) is 5.75 Å². The number of rotatable bonds is 3. The second-order valence-corrected chi connectivity index (χ2v) is 7.51. The first-order valence-corrected chi connectivity index (χ1v) is 8.88. The van der Waals surface area contributed by atoms with Crippen molar-refractivity contribution < 1.29 is 13.5 Å². The van der Waals surface area contributed by atoms with Crippen LogP contribution in [0.5, 0.6) is 5.75 Å². The highest BCUT2D eigenvalue weighted by Crippen LogP contribution is 2.29. The van der Waals surface area contributed by atoms with Gasteiger partial charge in [-0.05, 0) is 48.9 Å². The maximum Gasteiger partial charge on any atom is 0.175 e. The number of nitrogens with one attached hydrogen (secondary N) is 1. The normalized spacial score (nSPS) is 11.6. The minimum absolute atomic E-state index is 0.169. The SMILES string of the molecule is Cc1cc(O)cc(Nc2ccnc3ccc(S(C)(=O)=O)cc23)c1. The maximum atomic E-state index is 11.8. The number of sulfone groups is 1. The van der Waals surface area contributed by atoms with E-state index in [4.69, 9.17) is 0 Å². The molecular weight excluding hydrogens is 312 g/mol. The molecule has 2 N–H and O–H groups in total. The van der Waals surface area contributed by atoms with E-state index in [-0.39, 0.29) is 10.6 Å². The minimum atomic E-state index is -3.29. The fraction of sp³-hybridized carbons (Fsp3) is 0.118. The summed E-state index contributed by atoms with van der Waals surface area (Å²) in [7, 11) is -3.29. The van der Waals surface area contributed by atoms with Crippen LogP contribution in [0.2, 0.25) is 0 Å². The van der Waals surface area contributed by atoms with Gasteiger partial charge in [-0.1, -0.05) is 0 Å². The van der Waals surface area contributed by atoms with Crippen molar-refractivity contribution in [3.63, 3.8) is 0 Å². The van der Waals surface area contributed by atoms with Gasteiger partial charge in [0.2, 0.25) is 0 Å². The number of hydrogen-bond donors (Lipinski definition) is 2. The van der Waals surface area contributed by atoms with Crippen LogP contribution >= 0.6 is 0 Å². The van der Waals surface area contributed by atoms with Gasteiger partial charge in [0.05, 0.1) is 10.4 Å². The van der Waals surface area contributed by atoms with Crippen molar-refractivity contribution in [2.75, 3.05) is 11.6 Å². The number of aromatic nitrogens is 1. The van der Waals surface area contributed by atoms with Crippen molar-refractivity contribution in [1.82, 2.24) is 4.98 Å². The molecule has 1 heterocycles. The van der Waals surface area contributed by atoms with E-state index in [2.05, 4.69) is 10.3 Å². The fourth-order valence-electron chi connectivity index (χ4n) is 2.46. The molecule has 0 saturated carbocycles. The Kier molecular flexibility index (Phi) is 3.69. The summed E-state index contributed by atoms with van der Waals surface area (Å²) < 4.78 is 23.5. The predicted octanol–water partition coefficient (Wildman–Crippen LogP) is 3.40. The van der Waals surface area contributed by atoms with E-state index in [1.807, 2.05) is 13.0 Å². The maximum absolute atomic E-state index is 11.8. The molecule has 0 atom stereocenters. The number of phenols is 1. The molecule has 0 fully saturated rings. The highest BCUT2D eigenvalue weighted by molar-refractivity contribution is 7.90. The van der Waals surface area contributed by atoms with E-state index < -0.39 is 9.84 Å². The summed E-state index contributed by atoms with van der Waals surface area (Å²) in [5.74, 6) is 0.169. The number of nitrogens with zero attached hydrogens (tertiary/aromatic N) is 1. The van der Waals surface area contributed by atoms with Crippen LogP contribution in [0, 0.1) is 6.92 Å². The van der Waals surface area contributed by atoms with E-state index in [1.54, 1.807) is 42.6 Å². The first-order chi connectivity index (χ1) is 10.8. The molecule has 0 bridgehead atoms. The van der Waals surface area contributed by atoms with E-state index in [0.717, 1.165) is 16.9 Å². The Morgan fingerprint density at radius 2 is 1.87 bits per heavy atom. The standard InChI is InChI=1S/C17H16N2O3S/c1-11-7-12(9-13(20)8-11)19-17-5-6-18-16-4-3-14(10-15(16)17)23(2,21)22/h3-10,20H,1-2H3,(H,18,19). The number of fused-ring (bicyclic) bond motifs is 1. The van der Waals surface area contributed by atoms with Crippen LogP contribution in [0.15, 0.2) is 53.6 Å². The van der Waals surface area contributed by atoms with Gasteiger partial charge >= 0.3 is 0 Å². The molecule has 0 aliphatic carbocycles. The lowest BCUT2D eigenvalue weighted by Crippen LogP contribution is -1.98. The second-order valence-electron chi connectivity index (χ2n) is 5.49. The number of benzene rings is 2. The van der Waals surface area contributed by atoms with Gasteiger partial charge in [0, 0.05) is 35.3 Å². The number of anilines is 2. The van der Waals surface area contributed by atoms with E-state index in [1.165, 1.54) is 6.26 Å². The number of aryl methyl sites for hydroxylation is 1. The molecule has 2 aromatic carbocycles. The van der Waals surface area contributed by atoms with E-state index in [9.17, 15) is 13.5 Å². The summed E-state index contributed by atoms with van der Waals surface area (Å²) in [4.78, 5) is 4.50. The van der Waals surface area contributed by atoms with Crippen LogP contribution in [0.25, 0.3) is 10.9 Å². The summed E-state index contributed by atoms with van der Waals surface area (Å²) >= 11 is 0. The largest absolute Gasteiger partial charge is 0.508 e. The molecule has 6 heteroatoms. The Bertz CT molecular complexity index is 978. The molecule has 0 aliphatic heterocycles. The van der Waals surface area contributed by atoms with Crippen molar-refractivity contribution in [2.45, 2.75) is 11.8 Å². The third kappa shape index (κ3) is 3.27. The molecule has 0 radical (unpaired) electrons. The molecular formula is C17H16N2O3S. The molecule has 0 unspecified atom stereocenters. The lowest BCUT2D eigenvalue weighted by molar-refractivity contribution is 0.475. The van der Waals surface area contributed by atoms with Gasteiger partial charge in [-0.3, -0.25) is 4.98 Å². The van der Waals surface area contributed by atoms with Gasteiger partial charge in [0.15, 0.2) is 9.84 Å². The highest BCUT2D eigenvalue weighted by Gasteiger charge is 2.10. The Balaban J connectivity index is 2.13. The van der Waals surface area contributed by atoms with Crippen LogP contribution in [-0.4, -0.2) is 24.8 Å². The molecule has 0 saturated heterocycles. The molecule has 0 amide bonds. The van der Waals surface area contributed by atoms with Gasteiger partial charge in [-0.15, -0.1) is 0 Å². The number of pyridine rings is 1. The monoisotopic (exact) mass is 328 g/mol. The zero-order valence-corrected chi connectivity index (χ0v) is 13.6. The van der Waals surface area contributed by atoms with Crippen molar-refractivity contribution in [3.05, 3.63) is 54.2 Å². The summed E-state index contributed by atoms with van der Waals surface area (Å²) in [6, 6.07) is 11.8. The zero-order valence-electron chi connectivity index (χ0n) is 12.7. The fourth-order valence-corrected chi connectivity index (χ4v) is 3.10. The lowest BCUT2D eigenvalue weighted by atomic mass is 10.1. The molecule has 23 heavy (non-hydrogen) atoms. The molecule has 0 spiro atoms. The van der Waals surface area contributed by atoms with Gasteiger partial charge < -0.3 is 10.4 Å².